The van der Waals surface area contributed by atoms with Crippen molar-refractivity contribution in [3.63, 3.8) is 0 Å². The van der Waals surface area contributed by atoms with Crippen molar-refractivity contribution in [3.8, 4) is 0 Å². The van der Waals surface area contributed by atoms with E-state index in [-0.39, 0.29) is 10.3 Å². The predicted octanol–water partition coefficient (Wildman–Crippen LogP) is 3.78. The average Bonchev–Trinajstić information content (AvgIpc) is 1.60. The summed E-state index contributed by atoms with van der Waals surface area (Å²) in [5, 5.41) is 0. The summed E-state index contributed by atoms with van der Waals surface area (Å²) in [7, 11) is 0. The van der Waals surface area contributed by atoms with Gasteiger partial charge in [0.15, 0.2) is 0 Å². The van der Waals surface area contributed by atoms with E-state index in [9.17, 15) is 0 Å². The van der Waals surface area contributed by atoms with E-state index in [1.54, 1.807) is 0 Å². The molecule has 0 fully saturated rings. The smallest absolute Gasteiger partial charge is 0.100 e. The molecule has 0 unspecified atom stereocenters. The standard InChI is InChI=1S/C8H14Cl2/c1-6(7(9)10)5-8(2,3)4/h5,7H,1-4H3. The maximum atomic E-state index is 5.63. The molecule has 0 bridgehead atoms. The number of hydrogen-bond donors (Lipinski definition) is 0. The van der Waals surface area contributed by atoms with Crippen LogP contribution in [0.3, 0.4) is 0 Å². The van der Waals surface area contributed by atoms with Gasteiger partial charge in [-0.15, -0.1) is 23.2 Å². The molecule has 0 atom stereocenters. The summed E-state index contributed by atoms with van der Waals surface area (Å²) in [6.45, 7) is 8.29. The van der Waals surface area contributed by atoms with Crippen LogP contribution in [0.5, 0.6) is 0 Å². The lowest BCUT2D eigenvalue weighted by Gasteiger charge is -2.14. The van der Waals surface area contributed by atoms with Gasteiger partial charge in [0.05, 0.1) is 0 Å². The Balaban J connectivity index is 4.17. The summed E-state index contributed by atoms with van der Waals surface area (Å²) >= 11 is 11.3. The Morgan fingerprint density at radius 2 is 1.70 bits per heavy atom. The molecule has 2 heteroatoms. The van der Waals surface area contributed by atoms with E-state index in [0.29, 0.717) is 0 Å². The van der Waals surface area contributed by atoms with Gasteiger partial charge in [0, 0.05) is 0 Å². The van der Waals surface area contributed by atoms with E-state index in [2.05, 4.69) is 26.8 Å². The molecule has 0 aliphatic heterocycles. The zero-order valence-electron chi connectivity index (χ0n) is 6.91. The summed E-state index contributed by atoms with van der Waals surface area (Å²) in [4.78, 5) is -0.362. The van der Waals surface area contributed by atoms with Crippen LogP contribution in [0.2, 0.25) is 0 Å². The van der Waals surface area contributed by atoms with Crippen molar-refractivity contribution in [3.05, 3.63) is 11.6 Å². The van der Waals surface area contributed by atoms with Gasteiger partial charge in [-0.25, -0.2) is 0 Å². The molecular formula is C8H14Cl2. The van der Waals surface area contributed by atoms with E-state index in [1.807, 2.05) is 6.92 Å². The number of rotatable bonds is 1. The minimum atomic E-state index is -0.362. The Hall–Kier alpha value is 0.320. The third-order valence-electron chi connectivity index (χ3n) is 1.00. The minimum Gasteiger partial charge on any atom is -0.100 e. The highest BCUT2D eigenvalue weighted by molar-refractivity contribution is 6.46. The first-order valence-corrected chi connectivity index (χ1v) is 4.18. The zero-order chi connectivity index (χ0) is 8.36. The van der Waals surface area contributed by atoms with Crippen molar-refractivity contribution in [2.75, 3.05) is 0 Å². The molecule has 0 aromatic carbocycles. The summed E-state index contributed by atoms with van der Waals surface area (Å²) in [5.41, 5.74) is 1.20. The zero-order valence-corrected chi connectivity index (χ0v) is 8.42. The van der Waals surface area contributed by atoms with Crippen LogP contribution in [0, 0.1) is 5.41 Å². The Morgan fingerprint density at radius 1 is 1.30 bits per heavy atom. The third-order valence-corrected chi connectivity index (χ3v) is 1.69. The monoisotopic (exact) mass is 180 g/mol. The molecule has 0 rings (SSSR count). The molecule has 0 aliphatic rings. The van der Waals surface area contributed by atoms with Gasteiger partial charge in [0.1, 0.15) is 4.84 Å². The summed E-state index contributed by atoms with van der Waals surface area (Å²) in [6.07, 6.45) is 2.08. The van der Waals surface area contributed by atoms with Crippen molar-refractivity contribution in [2.45, 2.75) is 32.5 Å². The predicted molar refractivity (Wildman–Crippen MR) is 48.7 cm³/mol. The minimum absolute atomic E-state index is 0.173. The Bertz CT molecular complexity index is 129. The Labute approximate surface area is 73.2 Å². The molecule has 0 saturated heterocycles. The van der Waals surface area contributed by atoms with Gasteiger partial charge in [-0.05, 0) is 17.9 Å². The maximum absolute atomic E-state index is 5.63. The van der Waals surface area contributed by atoms with Crippen molar-refractivity contribution in [1.82, 2.24) is 0 Å². The fourth-order valence-electron chi connectivity index (χ4n) is 0.746. The van der Waals surface area contributed by atoms with Gasteiger partial charge in [0.2, 0.25) is 0 Å². The number of alkyl halides is 2. The lowest BCUT2D eigenvalue weighted by Crippen LogP contribution is -2.02. The van der Waals surface area contributed by atoms with Gasteiger partial charge >= 0.3 is 0 Å². The van der Waals surface area contributed by atoms with Gasteiger partial charge in [-0.1, -0.05) is 26.8 Å². The second-order valence-corrected chi connectivity index (χ2v) is 4.65. The fraction of sp³-hybridized carbons (Fsp3) is 0.750. The quantitative estimate of drug-likeness (QED) is 0.426. The molecule has 0 aromatic heterocycles. The molecule has 0 spiro atoms. The van der Waals surface area contributed by atoms with Crippen LogP contribution in [-0.2, 0) is 0 Å². The second kappa shape index (κ2) is 3.64. The SMILES string of the molecule is CC(=CC(C)(C)C)C(Cl)Cl. The molecule has 0 aliphatic carbocycles. The van der Waals surface area contributed by atoms with E-state index < -0.39 is 0 Å². The van der Waals surface area contributed by atoms with Crippen molar-refractivity contribution in [2.24, 2.45) is 5.41 Å². The highest BCUT2D eigenvalue weighted by atomic mass is 35.5. The molecule has 0 N–H and O–H groups in total. The van der Waals surface area contributed by atoms with Crippen LogP contribution in [0.15, 0.2) is 11.6 Å². The van der Waals surface area contributed by atoms with E-state index in [1.165, 1.54) is 0 Å². The number of halogens is 2. The Kier molecular flexibility index (Phi) is 3.75. The first kappa shape index (κ1) is 10.3. The van der Waals surface area contributed by atoms with Crippen LogP contribution in [0.25, 0.3) is 0 Å². The molecule has 0 nitrogen and oxygen atoms in total. The van der Waals surface area contributed by atoms with Crippen molar-refractivity contribution >= 4 is 23.2 Å². The fourth-order valence-corrected chi connectivity index (χ4v) is 0.872. The highest BCUT2D eigenvalue weighted by Gasteiger charge is 2.09. The number of allylic oxidation sites excluding steroid dienone is 2. The normalized spacial score (nSPS) is 14.5. The molecule has 0 heterocycles. The van der Waals surface area contributed by atoms with Gasteiger partial charge in [-0.2, -0.15) is 0 Å². The van der Waals surface area contributed by atoms with Crippen molar-refractivity contribution in [1.29, 1.82) is 0 Å². The van der Waals surface area contributed by atoms with Crippen LogP contribution < -0.4 is 0 Å². The lowest BCUT2D eigenvalue weighted by molar-refractivity contribution is 0.539. The van der Waals surface area contributed by atoms with E-state index in [0.717, 1.165) is 5.57 Å². The van der Waals surface area contributed by atoms with Gasteiger partial charge < -0.3 is 0 Å². The summed E-state index contributed by atoms with van der Waals surface area (Å²) in [6, 6.07) is 0. The summed E-state index contributed by atoms with van der Waals surface area (Å²) < 4.78 is 0. The first-order valence-electron chi connectivity index (χ1n) is 3.30. The van der Waals surface area contributed by atoms with Crippen LogP contribution in [0.1, 0.15) is 27.7 Å². The molecule has 0 aromatic rings. The third kappa shape index (κ3) is 5.13. The molecular weight excluding hydrogens is 167 g/mol. The van der Waals surface area contributed by atoms with Crippen LogP contribution >= 0.6 is 23.2 Å². The number of hydrogen-bond acceptors (Lipinski definition) is 0. The topological polar surface area (TPSA) is 0 Å². The van der Waals surface area contributed by atoms with E-state index in [4.69, 9.17) is 23.2 Å². The van der Waals surface area contributed by atoms with Crippen molar-refractivity contribution < 1.29 is 0 Å². The van der Waals surface area contributed by atoms with Gasteiger partial charge in [-0.3, -0.25) is 0 Å². The largest absolute Gasteiger partial charge is 0.128 e. The summed E-state index contributed by atoms with van der Waals surface area (Å²) in [5.74, 6) is 0. The molecule has 0 radical (unpaired) electrons. The van der Waals surface area contributed by atoms with Crippen LogP contribution in [-0.4, -0.2) is 4.84 Å². The van der Waals surface area contributed by atoms with Gasteiger partial charge in [0.25, 0.3) is 0 Å². The molecule has 0 saturated carbocycles. The molecule has 60 valence electrons. The van der Waals surface area contributed by atoms with Crippen LogP contribution in [0.4, 0.5) is 0 Å². The first-order chi connectivity index (χ1) is 4.33. The van der Waals surface area contributed by atoms with E-state index >= 15 is 0 Å². The molecule has 10 heavy (non-hydrogen) atoms. The Morgan fingerprint density at radius 3 is 1.80 bits per heavy atom. The average molecular weight is 181 g/mol. The highest BCUT2D eigenvalue weighted by Crippen LogP contribution is 2.22. The second-order valence-electron chi connectivity index (χ2n) is 3.56. The maximum Gasteiger partial charge on any atom is 0.128 e. The molecule has 0 amide bonds. The lowest BCUT2D eigenvalue weighted by atomic mass is 9.94.